The van der Waals surface area contributed by atoms with Gasteiger partial charge in [0.25, 0.3) is 5.09 Å². The second kappa shape index (κ2) is 6.97. The van der Waals surface area contributed by atoms with E-state index in [1.54, 1.807) is 11.8 Å². The van der Waals surface area contributed by atoms with Crippen LogP contribution in [0.15, 0.2) is 0 Å². The Morgan fingerprint density at radius 1 is 1.29 bits per heavy atom. The Hall–Kier alpha value is -0.810. The summed E-state index contributed by atoms with van der Waals surface area (Å²) < 4.78 is 16.2. The molecule has 0 bridgehead atoms. The average molecular weight is 343 g/mol. The number of fused-ring (bicyclic) bond motifs is 1. The fraction of sp³-hybridized carbons (Fsp3) is 0.900. The normalized spacial score (nSPS) is 37.6. The number of nitrogens with zero attached hydrogens (tertiary/aromatic N) is 1. The largest absolute Gasteiger partial charge is 1.00 e. The third kappa shape index (κ3) is 3.51. The quantitative estimate of drug-likeness (QED) is 0.307. The van der Waals surface area contributed by atoms with Crippen LogP contribution < -0.4 is 17.7 Å². The Bertz CT molecular complexity index is 409. The van der Waals surface area contributed by atoms with Crippen molar-refractivity contribution in [3.05, 3.63) is 10.1 Å². The number of ether oxygens (including phenoxy) is 3. The third-order valence-corrected chi connectivity index (χ3v) is 4.57. The maximum atomic E-state index is 11.9. The zero-order chi connectivity index (χ0) is 14.1. The molecule has 3 saturated heterocycles. The first-order valence-corrected chi connectivity index (χ1v) is 7.46. The van der Waals surface area contributed by atoms with Crippen LogP contribution in [-0.2, 0) is 23.8 Å². The highest BCUT2D eigenvalue weighted by Crippen LogP contribution is 2.30. The highest BCUT2D eigenvalue weighted by Gasteiger charge is 2.51. The Morgan fingerprint density at radius 2 is 1.95 bits per heavy atom. The van der Waals surface area contributed by atoms with E-state index in [-0.39, 0.29) is 37.6 Å². The summed E-state index contributed by atoms with van der Waals surface area (Å²) in [5, 5.41) is 11.4. The summed E-state index contributed by atoms with van der Waals surface area (Å²) in [5.41, 5.74) is 0. The van der Waals surface area contributed by atoms with Gasteiger partial charge in [-0.25, -0.2) is 4.79 Å². The predicted octanol–water partition coefficient (Wildman–Crippen LogP) is -5.09. The summed E-state index contributed by atoms with van der Waals surface area (Å²) in [7, 11) is 0. The number of nitrogens with two attached hydrogens (primary N) is 1. The number of halogens is 1. The molecule has 3 aliphatic heterocycles. The number of carbonyl (C=O) groups excluding carboxylic acids is 1. The van der Waals surface area contributed by atoms with E-state index in [0.717, 1.165) is 11.6 Å². The fourth-order valence-corrected chi connectivity index (χ4v) is 3.61. The molecule has 3 aliphatic rings. The van der Waals surface area contributed by atoms with Crippen molar-refractivity contribution < 1.29 is 46.7 Å². The van der Waals surface area contributed by atoms with Crippen LogP contribution in [0.4, 0.5) is 0 Å². The summed E-state index contributed by atoms with van der Waals surface area (Å²) in [6.45, 7) is 0.244. The molecule has 0 amide bonds. The first-order valence-electron chi connectivity index (χ1n) is 6.31. The highest BCUT2D eigenvalue weighted by molar-refractivity contribution is 7.99. The smallest absolute Gasteiger partial charge is 0.366 e. The van der Waals surface area contributed by atoms with Crippen molar-refractivity contribution in [1.82, 2.24) is 0 Å². The van der Waals surface area contributed by atoms with Gasteiger partial charge in [-0.05, 0) is 0 Å². The molecule has 3 heterocycles. The van der Waals surface area contributed by atoms with Crippen molar-refractivity contribution in [1.29, 1.82) is 0 Å². The summed E-state index contributed by atoms with van der Waals surface area (Å²) >= 11 is 1.68. The van der Waals surface area contributed by atoms with Gasteiger partial charge >= 0.3 is 5.97 Å². The maximum absolute atomic E-state index is 11.9. The molecular weight excluding hydrogens is 328 g/mol. The number of quaternary nitrogens is 1. The average Bonchev–Trinajstić information content (AvgIpc) is 3.09. The van der Waals surface area contributed by atoms with Gasteiger partial charge in [0.15, 0.2) is 18.2 Å². The Kier molecular flexibility index (Phi) is 5.49. The van der Waals surface area contributed by atoms with Crippen LogP contribution in [0, 0.1) is 10.1 Å². The number of carbonyl (C=O) groups is 1. The minimum Gasteiger partial charge on any atom is -1.00 e. The minimum atomic E-state index is -0.857. The van der Waals surface area contributed by atoms with Gasteiger partial charge in [0.2, 0.25) is 0 Å². The Morgan fingerprint density at radius 3 is 2.57 bits per heavy atom. The van der Waals surface area contributed by atoms with Crippen LogP contribution in [0.1, 0.15) is 0 Å². The molecule has 0 aromatic carbocycles. The van der Waals surface area contributed by atoms with Crippen molar-refractivity contribution in [2.24, 2.45) is 0 Å². The van der Waals surface area contributed by atoms with E-state index in [0.29, 0.717) is 0 Å². The molecule has 0 aromatic rings. The zero-order valence-corrected chi connectivity index (χ0v) is 12.5. The van der Waals surface area contributed by atoms with Crippen LogP contribution in [0.3, 0.4) is 0 Å². The molecule has 0 radical (unpaired) electrons. The molecule has 0 saturated carbocycles. The van der Waals surface area contributed by atoms with Gasteiger partial charge in [-0.2, -0.15) is 0 Å². The standard InChI is InChI=1S/C10H14N2O7S.ClH/c13-10(5-3-20-4-11-5)18-6-1-16-9-7(19-12(14)15)2-17-8(6)9;/h5-9,11H,1-4H2;1H/t5-,6+,7-,8+,9+;/m0./s1. The maximum Gasteiger partial charge on any atom is 0.366 e. The van der Waals surface area contributed by atoms with Crippen LogP contribution in [0.2, 0.25) is 0 Å². The van der Waals surface area contributed by atoms with Crippen molar-refractivity contribution in [2.75, 3.05) is 24.8 Å². The third-order valence-electron chi connectivity index (χ3n) is 3.55. The van der Waals surface area contributed by atoms with Gasteiger partial charge < -0.3 is 36.8 Å². The molecule has 9 nitrogen and oxygen atoms in total. The second-order valence-electron chi connectivity index (χ2n) is 4.82. The number of rotatable bonds is 4. The van der Waals surface area contributed by atoms with E-state index in [4.69, 9.17) is 14.2 Å². The van der Waals surface area contributed by atoms with E-state index in [1.165, 1.54) is 0 Å². The second-order valence-corrected chi connectivity index (χ2v) is 5.89. The molecule has 5 atom stereocenters. The molecule has 0 aromatic heterocycles. The van der Waals surface area contributed by atoms with Gasteiger partial charge in [-0.3, -0.25) is 0 Å². The van der Waals surface area contributed by atoms with Gasteiger partial charge in [-0.1, -0.05) is 11.8 Å². The topological polar surface area (TPSA) is 114 Å². The molecule has 11 heteroatoms. The number of hydrogen-bond donors (Lipinski definition) is 1. The van der Waals surface area contributed by atoms with Crippen LogP contribution in [-0.4, -0.2) is 66.4 Å². The first kappa shape index (κ1) is 16.6. The lowest BCUT2D eigenvalue weighted by Crippen LogP contribution is -3.00. The minimum absolute atomic E-state index is 0. The van der Waals surface area contributed by atoms with Crippen LogP contribution in [0.25, 0.3) is 0 Å². The molecule has 21 heavy (non-hydrogen) atoms. The van der Waals surface area contributed by atoms with E-state index in [1.807, 2.05) is 5.32 Å². The van der Waals surface area contributed by atoms with Crippen molar-refractivity contribution in [2.45, 2.75) is 30.5 Å². The molecular formula is C10H15ClN2O7S. The van der Waals surface area contributed by atoms with Gasteiger partial charge in [0.1, 0.15) is 18.1 Å². The monoisotopic (exact) mass is 342 g/mol. The number of hydrogen-bond acceptors (Lipinski definition) is 8. The SMILES string of the molecule is O=C(O[C@@H]1CO[C@H]2[C@@H]1OC[C@@H]2O[N+](=O)[O-])[C@@H]1CSC[NH2+]1.[Cl-]. The van der Waals surface area contributed by atoms with Crippen molar-refractivity contribution in [3.8, 4) is 0 Å². The summed E-state index contributed by atoms with van der Waals surface area (Å²) in [6, 6.07) is -0.189. The lowest BCUT2D eigenvalue weighted by Gasteiger charge is -2.17. The zero-order valence-electron chi connectivity index (χ0n) is 10.9. The van der Waals surface area contributed by atoms with E-state index >= 15 is 0 Å². The van der Waals surface area contributed by atoms with E-state index in [2.05, 4.69) is 4.84 Å². The van der Waals surface area contributed by atoms with Gasteiger partial charge in [-0.15, -0.1) is 10.1 Å². The van der Waals surface area contributed by atoms with E-state index in [9.17, 15) is 14.9 Å². The Labute approximate surface area is 130 Å². The van der Waals surface area contributed by atoms with Gasteiger partial charge in [0.05, 0.1) is 19.0 Å². The van der Waals surface area contributed by atoms with Gasteiger partial charge in [0, 0.05) is 0 Å². The lowest BCUT2D eigenvalue weighted by atomic mass is 10.1. The van der Waals surface area contributed by atoms with Crippen molar-refractivity contribution in [3.63, 3.8) is 0 Å². The molecule has 0 unspecified atom stereocenters. The summed E-state index contributed by atoms with van der Waals surface area (Å²) in [5.74, 6) is 1.29. The summed E-state index contributed by atoms with van der Waals surface area (Å²) in [4.78, 5) is 26.8. The molecule has 2 N–H and O–H groups in total. The van der Waals surface area contributed by atoms with Crippen LogP contribution >= 0.6 is 11.8 Å². The molecule has 3 rings (SSSR count). The number of thioether (sulfide) groups is 1. The first-order chi connectivity index (χ1) is 9.65. The predicted molar refractivity (Wildman–Crippen MR) is 64.3 cm³/mol. The Balaban J connectivity index is 0.00000161. The highest BCUT2D eigenvalue weighted by atomic mass is 35.5. The summed E-state index contributed by atoms with van der Waals surface area (Å²) in [6.07, 6.45) is -2.32. The lowest BCUT2D eigenvalue weighted by molar-refractivity contribution is -0.769. The molecule has 0 aliphatic carbocycles. The number of esters is 1. The van der Waals surface area contributed by atoms with E-state index < -0.39 is 29.5 Å². The fourth-order valence-electron chi connectivity index (χ4n) is 2.58. The molecule has 0 spiro atoms. The van der Waals surface area contributed by atoms with Crippen molar-refractivity contribution >= 4 is 17.7 Å². The molecule has 120 valence electrons. The van der Waals surface area contributed by atoms with Crippen LogP contribution in [0.5, 0.6) is 0 Å². The molecule has 3 fully saturated rings.